The van der Waals surface area contributed by atoms with Crippen molar-refractivity contribution < 1.29 is 14.7 Å². The number of carboxylic acid groups (broad SMARTS) is 1. The van der Waals surface area contributed by atoms with E-state index < -0.39 is 11.9 Å². The molecule has 2 aromatic rings. The smallest absolute Gasteiger partial charge is 0.325 e. The quantitative estimate of drug-likeness (QED) is 0.807. The molecule has 20 heavy (non-hydrogen) atoms. The Morgan fingerprint density at radius 2 is 2.25 bits per heavy atom. The van der Waals surface area contributed by atoms with Crippen LogP contribution in [0.3, 0.4) is 0 Å². The van der Waals surface area contributed by atoms with Crippen molar-refractivity contribution in [3.63, 3.8) is 0 Å². The first-order chi connectivity index (χ1) is 9.58. The lowest BCUT2D eigenvalue weighted by molar-refractivity contribution is -0.137. The van der Waals surface area contributed by atoms with Crippen molar-refractivity contribution in [2.75, 3.05) is 11.6 Å². The molecule has 0 saturated carbocycles. The summed E-state index contributed by atoms with van der Waals surface area (Å²) in [4.78, 5) is 23.5. The number of hydrogen-bond acceptors (Lipinski definition) is 5. The molecule has 0 radical (unpaired) electrons. The highest BCUT2D eigenvalue weighted by Crippen LogP contribution is 2.19. The summed E-state index contributed by atoms with van der Waals surface area (Å²) in [6, 6.07) is 7.37. The Morgan fingerprint density at radius 3 is 2.95 bits per heavy atom. The number of carboxylic acids is 1. The molecule has 2 rings (SSSR count). The summed E-state index contributed by atoms with van der Waals surface area (Å²) in [5.74, 6) is -1.48. The minimum Gasteiger partial charge on any atom is -0.480 e. The largest absolute Gasteiger partial charge is 0.480 e. The molecule has 0 aliphatic rings. The van der Waals surface area contributed by atoms with E-state index in [1.54, 1.807) is 17.8 Å². The SMILES string of the molecule is CSc1cccc(NC(=O)c2cn(CC(=O)O)nn2)c1. The van der Waals surface area contributed by atoms with Crippen molar-refractivity contribution >= 4 is 29.3 Å². The highest BCUT2D eigenvalue weighted by molar-refractivity contribution is 7.98. The summed E-state index contributed by atoms with van der Waals surface area (Å²) in [6.07, 6.45) is 3.24. The van der Waals surface area contributed by atoms with E-state index in [9.17, 15) is 9.59 Å². The number of nitrogens with zero attached hydrogens (tertiary/aromatic N) is 3. The number of anilines is 1. The van der Waals surface area contributed by atoms with Crippen LogP contribution in [-0.2, 0) is 11.3 Å². The van der Waals surface area contributed by atoms with Gasteiger partial charge in [0.05, 0.1) is 6.20 Å². The van der Waals surface area contributed by atoms with E-state index in [2.05, 4.69) is 15.6 Å². The van der Waals surface area contributed by atoms with E-state index in [0.717, 1.165) is 9.58 Å². The molecule has 1 aromatic heterocycles. The molecular weight excluding hydrogens is 280 g/mol. The van der Waals surface area contributed by atoms with Crippen LogP contribution in [0.1, 0.15) is 10.5 Å². The Hall–Kier alpha value is -2.35. The fraction of sp³-hybridized carbons (Fsp3) is 0.167. The van der Waals surface area contributed by atoms with Crippen LogP contribution in [0.15, 0.2) is 35.4 Å². The lowest BCUT2D eigenvalue weighted by Crippen LogP contribution is -2.12. The van der Waals surface area contributed by atoms with Gasteiger partial charge in [-0.15, -0.1) is 16.9 Å². The number of carbonyl (C=O) groups is 2. The third-order valence-electron chi connectivity index (χ3n) is 2.40. The van der Waals surface area contributed by atoms with Crippen molar-refractivity contribution in [2.45, 2.75) is 11.4 Å². The van der Waals surface area contributed by atoms with Gasteiger partial charge in [0.1, 0.15) is 6.54 Å². The van der Waals surface area contributed by atoms with Crippen LogP contribution < -0.4 is 5.32 Å². The maximum absolute atomic E-state index is 11.9. The molecule has 0 aliphatic carbocycles. The summed E-state index contributed by atoms with van der Waals surface area (Å²) >= 11 is 1.57. The van der Waals surface area contributed by atoms with Gasteiger partial charge in [0, 0.05) is 10.6 Å². The van der Waals surface area contributed by atoms with Crippen molar-refractivity contribution in [3.8, 4) is 0 Å². The van der Waals surface area contributed by atoms with Crippen molar-refractivity contribution in [2.24, 2.45) is 0 Å². The van der Waals surface area contributed by atoms with Gasteiger partial charge in [-0.1, -0.05) is 11.3 Å². The fourth-order valence-corrected chi connectivity index (χ4v) is 1.97. The number of hydrogen-bond donors (Lipinski definition) is 2. The molecule has 0 saturated heterocycles. The third kappa shape index (κ3) is 3.58. The van der Waals surface area contributed by atoms with Gasteiger partial charge >= 0.3 is 5.97 Å². The number of thioether (sulfide) groups is 1. The summed E-state index contributed by atoms with van der Waals surface area (Å²) in [6.45, 7) is -0.331. The zero-order valence-electron chi connectivity index (χ0n) is 10.6. The number of aromatic nitrogens is 3. The molecular formula is C12H12N4O3S. The Kier molecular flexibility index (Phi) is 4.36. The summed E-state index contributed by atoms with van der Waals surface area (Å²) < 4.78 is 1.09. The minimum absolute atomic E-state index is 0.0702. The van der Waals surface area contributed by atoms with Crippen LogP contribution in [0.5, 0.6) is 0 Å². The molecule has 0 atom stereocenters. The van der Waals surface area contributed by atoms with Gasteiger partial charge in [0.2, 0.25) is 0 Å². The molecule has 0 aliphatic heterocycles. The lowest BCUT2D eigenvalue weighted by atomic mass is 10.3. The standard InChI is InChI=1S/C12H12N4O3S/c1-20-9-4-2-3-8(5-9)13-12(19)10-6-16(15-14-10)7-11(17)18/h2-6H,7H2,1H3,(H,13,19)(H,17,18). The van der Waals surface area contributed by atoms with Crippen LogP contribution >= 0.6 is 11.8 Å². The number of benzene rings is 1. The molecule has 1 amide bonds. The number of amides is 1. The first-order valence-electron chi connectivity index (χ1n) is 5.66. The molecule has 0 spiro atoms. The van der Waals surface area contributed by atoms with Gasteiger partial charge in [-0.3, -0.25) is 9.59 Å². The second-order valence-electron chi connectivity index (χ2n) is 3.88. The Labute approximate surface area is 119 Å². The molecule has 8 heteroatoms. The van der Waals surface area contributed by atoms with E-state index in [0.29, 0.717) is 5.69 Å². The van der Waals surface area contributed by atoms with E-state index >= 15 is 0 Å². The molecule has 0 fully saturated rings. The zero-order chi connectivity index (χ0) is 14.5. The second kappa shape index (κ2) is 6.20. The van der Waals surface area contributed by atoms with Gasteiger partial charge in [-0.2, -0.15) is 0 Å². The van der Waals surface area contributed by atoms with Gasteiger partial charge in [0.15, 0.2) is 5.69 Å². The van der Waals surface area contributed by atoms with Crippen molar-refractivity contribution in [3.05, 3.63) is 36.2 Å². The van der Waals surface area contributed by atoms with Gasteiger partial charge in [-0.25, -0.2) is 4.68 Å². The van der Waals surface area contributed by atoms with Gasteiger partial charge in [0.25, 0.3) is 5.91 Å². The molecule has 7 nitrogen and oxygen atoms in total. The molecule has 104 valence electrons. The minimum atomic E-state index is -1.05. The van der Waals surface area contributed by atoms with E-state index in [-0.39, 0.29) is 12.2 Å². The lowest BCUT2D eigenvalue weighted by Gasteiger charge is -2.04. The van der Waals surface area contributed by atoms with Crippen LogP contribution in [0, 0.1) is 0 Å². The zero-order valence-corrected chi connectivity index (χ0v) is 11.4. The molecule has 0 unspecified atom stereocenters. The van der Waals surface area contributed by atoms with E-state index in [4.69, 9.17) is 5.11 Å². The van der Waals surface area contributed by atoms with E-state index in [1.807, 2.05) is 24.5 Å². The monoisotopic (exact) mass is 292 g/mol. The van der Waals surface area contributed by atoms with Gasteiger partial charge < -0.3 is 10.4 Å². The van der Waals surface area contributed by atoms with Crippen molar-refractivity contribution in [1.82, 2.24) is 15.0 Å². The second-order valence-corrected chi connectivity index (χ2v) is 4.76. The van der Waals surface area contributed by atoms with Gasteiger partial charge in [-0.05, 0) is 24.5 Å². The van der Waals surface area contributed by atoms with Crippen LogP contribution in [0.4, 0.5) is 5.69 Å². The Balaban J connectivity index is 2.07. The predicted octanol–water partition coefficient (Wildman–Crippen LogP) is 1.34. The van der Waals surface area contributed by atoms with Crippen LogP contribution in [-0.4, -0.2) is 38.2 Å². The summed E-state index contributed by atoms with van der Waals surface area (Å²) in [5.41, 5.74) is 0.718. The number of nitrogens with one attached hydrogen (secondary N) is 1. The fourth-order valence-electron chi connectivity index (χ4n) is 1.51. The molecule has 0 bridgehead atoms. The summed E-state index contributed by atoms with van der Waals surface area (Å²) in [5, 5.41) is 18.5. The van der Waals surface area contributed by atoms with Crippen molar-refractivity contribution in [1.29, 1.82) is 0 Å². The number of rotatable bonds is 5. The third-order valence-corrected chi connectivity index (χ3v) is 3.12. The average Bonchev–Trinajstić information content (AvgIpc) is 2.86. The molecule has 1 aromatic carbocycles. The highest BCUT2D eigenvalue weighted by Gasteiger charge is 2.12. The predicted molar refractivity (Wildman–Crippen MR) is 73.8 cm³/mol. The highest BCUT2D eigenvalue weighted by atomic mass is 32.2. The molecule has 2 N–H and O–H groups in total. The number of carbonyl (C=O) groups excluding carboxylic acids is 1. The maximum Gasteiger partial charge on any atom is 0.325 e. The van der Waals surface area contributed by atoms with E-state index in [1.165, 1.54) is 6.20 Å². The number of aliphatic carboxylic acids is 1. The van der Waals surface area contributed by atoms with Crippen LogP contribution in [0.25, 0.3) is 0 Å². The van der Waals surface area contributed by atoms with Crippen LogP contribution in [0.2, 0.25) is 0 Å². The Bertz CT molecular complexity index is 641. The molecule has 1 heterocycles. The topological polar surface area (TPSA) is 97.1 Å². The normalized spacial score (nSPS) is 10.2. The first-order valence-corrected chi connectivity index (χ1v) is 6.88. The average molecular weight is 292 g/mol. The Morgan fingerprint density at radius 1 is 1.45 bits per heavy atom. The summed E-state index contributed by atoms with van der Waals surface area (Å²) in [7, 11) is 0. The maximum atomic E-state index is 11.9. The first kappa shape index (κ1) is 14.1.